The lowest BCUT2D eigenvalue weighted by Crippen LogP contribution is -2.37. The fraction of sp³-hybridized carbons (Fsp3) is 0.318. The molecule has 1 aliphatic rings. The van der Waals surface area contributed by atoms with Crippen LogP contribution in [0.25, 0.3) is 0 Å². The first kappa shape index (κ1) is 21.5. The van der Waals surface area contributed by atoms with Gasteiger partial charge in [0.15, 0.2) is 5.79 Å². The Morgan fingerprint density at radius 3 is 2.77 bits per heavy atom. The highest BCUT2D eigenvalue weighted by molar-refractivity contribution is 7.99. The zero-order chi connectivity index (χ0) is 21.0. The number of rotatable bonds is 8. The van der Waals surface area contributed by atoms with Crippen molar-refractivity contribution in [1.82, 2.24) is 9.55 Å². The second-order valence-electron chi connectivity index (χ2n) is 7.31. The standard InChI is InChI=1S/C22H23Cl2N3O2S/c23-17-2-1-16(21(24)11-17)7-8-22(14-27-10-9-26-15-27)28-12-19(29-22)13-30-20-5-3-18(25)4-6-20/h1-6,9-11,15,19H,7-8,12-14,25H2/t19-,22-/m0/s1. The van der Waals surface area contributed by atoms with Crippen molar-refractivity contribution in [1.29, 1.82) is 0 Å². The SMILES string of the molecule is Nc1ccc(SC[C@@H]2CO[C@](CCc3ccc(Cl)cc3Cl)(Cn3ccnc3)O2)cc1. The molecule has 0 radical (unpaired) electrons. The molecule has 1 aromatic heterocycles. The van der Waals surface area contributed by atoms with Gasteiger partial charge in [-0.1, -0.05) is 29.3 Å². The number of nitrogens with zero attached hydrogens (tertiary/aromatic N) is 2. The van der Waals surface area contributed by atoms with Gasteiger partial charge >= 0.3 is 0 Å². The van der Waals surface area contributed by atoms with Crippen LogP contribution in [0.2, 0.25) is 10.0 Å². The second kappa shape index (κ2) is 9.62. The fourth-order valence-electron chi connectivity index (χ4n) is 3.45. The van der Waals surface area contributed by atoms with E-state index in [0.717, 1.165) is 28.3 Å². The number of benzene rings is 2. The Labute approximate surface area is 190 Å². The molecule has 4 rings (SSSR count). The molecule has 5 nitrogen and oxygen atoms in total. The molecule has 1 saturated heterocycles. The number of halogens is 2. The maximum atomic E-state index is 6.47. The lowest BCUT2D eigenvalue weighted by Gasteiger charge is -2.29. The summed E-state index contributed by atoms with van der Waals surface area (Å²) >= 11 is 14.1. The number of hydrogen-bond acceptors (Lipinski definition) is 5. The first-order valence-electron chi connectivity index (χ1n) is 9.71. The quantitative estimate of drug-likeness (QED) is 0.362. The van der Waals surface area contributed by atoms with E-state index in [9.17, 15) is 0 Å². The molecule has 0 unspecified atom stereocenters. The van der Waals surface area contributed by atoms with Crippen molar-refractivity contribution in [3.8, 4) is 0 Å². The van der Waals surface area contributed by atoms with Gasteiger partial charge in [0.1, 0.15) is 0 Å². The van der Waals surface area contributed by atoms with Crippen LogP contribution in [0.3, 0.4) is 0 Å². The van der Waals surface area contributed by atoms with E-state index in [4.69, 9.17) is 38.4 Å². The topological polar surface area (TPSA) is 62.3 Å². The Morgan fingerprint density at radius 1 is 1.20 bits per heavy atom. The average molecular weight is 464 g/mol. The number of ether oxygens (including phenoxy) is 2. The predicted molar refractivity (Wildman–Crippen MR) is 122 cm³/mol. The van der Waals surface area contributed by atoms with Gasteiger partial charge in [-0.3, -0.25) is 0 Å². The maximum absolute atomic E-state index is 6.47. The molecule has 3 aromatic rings. The fourth-order valence-corrected chi connectivity index (χ4v) is 4.83. The van der Waals surface area contributed by atoms with E-state index in [1.54, 1.807) is 30.4 Å². The van der Waals surface area contributed by atoms with Gasteiger partial charge in [0.2, 0.25) is 0 Å². The number of nitrogens with two attached hydrogens (primary N) is 1. The average Bonchev–Trinajstić information content (AvgIpc) is 3.38. The number of thioether (sulfide) groups is 1. The third-order valence-corrected chi connectivity index (χ3v) is 6.73. The lowest BCUT2D eigenvalue weighted by molar-refractivity contribution is -0.180. The van der Waals surface area contributed by atoms with Crippen molar-refractivity contribution in [3.05, 3.63) is 76.8 Å². The zero-order valence-electron chi connectivity index (χ0n) is 16.3. The van der Waals surface area contributed by atoms with Crippen LogP contribution in [0, 0.1) is 0 Å². The third-order valence-electron chi connectivity index (χ3n) is 5.00. The molecule has 0 aliphatic carbocycles. The van der Waals surface area contributed by atoms with Crippen LogP contribution in [-0.2, 0) is 22.4 Å². The van der Waals surface area contributed by atoms with Gasteiger partial charge in [0.25, 0.3) is 0 Å². The molecule has 1 fully saturated rings. The van der Waals surface area contributed by atoms with Gasteiger partial charge in [0, 0.05) is 45.2 Å². The smallest absolute Gasteiger partial charge is 0.187 e. The lowest BCUT2D eigenvalue weighted by atomic mass is 10.0. The predicted octanol–water partition coefficient (Wildman–Crippen LogP) is 5.31. The minimum absolute atomic E-state index is 0.00300. The molecule has 0 amide bonds. The van der Waals surface area contributed by atoms with E-state index in [2.05, 4.69) is 4.98 Å². The first-order valence-corrected chi connectivity index (χ1v) is 11.5. The molecule has 2 aromatic carbocycles. The number of imidazole rings is 1. The van der Waals surface area contributed by atoms with Gasteiger partial charge in [0.05, 0.1) is 25.6 Å². The van der Waals surface area contributed by atoms with Crippen molar-refractivity contribution in [2.45, 2.75) is 36.2 Å². The van der Waals surface area contributed by atoms with Crippen LogP contribution in [0.4, 0.5) is 5.69 Å². The molecule has 30 heavy (non-hydrogen) atoms. The highest BCUT2D eigenvalue weighted by Gasteiger charge is 2.41. The summed E-state index contributed by atoms with van der Waals surface area (Å²) in [4.78, 5) is 5.30. The van der Waals surface area contributed by atoms with Crippen molar-refractivity contribution in [3.63, 3.8) is 0 Å². The molecular formula is C22H23Cl2N3O2S. The van der Waals surface area contributed by atoms with Crippen molar-refractivity contribution in [2.75, 3.05) is 18.1 Å². The summed E-state index contributed by atoms with van der Waals surface area (Å²) in [6.07, 6.45) is 6.85. The molecule has 0 bridgehead atoms. The number of nitrogen functional groups attached to an aromatic ring is 1. The van der Waals surface area contributed by atoms with Crippen LogP contribution in [0.15, 0.2) is 66.1 Å². The summed E-state index contributed by atoms with van der Waals surface area (Å²) in [6, 6.07) is 13.4. The Morgan fingerprint density at radius 2 is 2.03 bits per heavy atom. The number of aromatic nitrogens is 2. The summed E-state index contributed by atoms with van der Waals surface area (Å²) in [5.74, 6) is 0.0767. The Kier molecular flexibility index (Phi) is 6.91. The summed E-state index contributed by atoms with van der Waals surface area (Å²) in [5, 5.41) is 1.29. The largest absolute Gasteiger partial charge is 0.399 e. The summed E-state index contributed by atoms with van der Waals surface area (Å²) < 4.78 is 14.7. The maximum Gasteiger partial charge on any atom is 0.187 e. The van der Waals surface area contributed by atoms with Crippen LogP contribution < -0.4 is 5.73 Å². The Hall–Kier alpha value is -1.70. The van der Waals surface area contributed by atoms with Crippen molar-refractivity contribution < 1.29 is 9.47 Å². The van der Waals surface area contributed by atoms with E-state index >= 15 is 0 Å². The molecule has 2 N–H and O–H groups in total. The Balaban J connectivity index is 1.42. The monoisotopic (exact) mass is 463 g/mol. The van der Waals surface area contributed by atoms with E-state index in [0.29, 0.717) is 29.6 Å². The van der Waals surface area contributed by atoms with E-state index in [-0.39, 0.29) is 6.10 Å². The molecule has 1 aliphatic heterocycles. The molecule has 8 heteroatoms. The summed E-state index contributed by atoms with van der Waals surface area (Å²) in [7, 11) is 0. The van der Waals surface area contributed by atoms with Crippen LogP contribution >= 0.6 is 35.0 Å². The normalized spacial score (nSPS) is 21.2. The highest BCUT2D eigenvalue weighted by atomic mass is 35.5. The molecule has 0 spiro atoms. The zero-order valence-corrected chi connectivity index (χ0v) is 18.7. The Bertz CT molecular complexity index is 969. The van der Waals surface area contributed by atoms with Crippen LogP contribution in [-0.4, -0.2) is 33.8 Å². The summed E-state index contributed by atoms with van der Waals surface area (Å²) in [5.41, 5.74) is 7.56. The van der Waals surface area contributed by atoms with Crippen molar-refractivity contribution in [2.24, 2.45) is 0 Å². The first-order chi connectivity index (χ1) is 14.5. The van der Waals surface area contributed by atoms with Gasteiger partial charge in [-0.2, -0.15) is 0 Å². The van der Waals surface area contributed by atoms with Crippen LogP contribution in [0.5, 0.6) is 0 Å². The minimum atomic E-state index is -0.726. The second-order valence-corrected chi connectivity index (χ2v) is 9.25. The summed E-state index contributed by atoms with van der Waals surface area (Å²) in [6.45, 7) is 1.12. The number of aryl methyl sites for hydroxylation is 1. The molecule has 2 atom stereocenters. The highest BCUT2D eigenvalue weighted by Crippen LogP contribution is 2.34. The van der Waals surface area contributed by atoms with Gasteiger partial charge in [-0.25, -0.2) is 4.98 Å². The van der Waals surface area contributed by atoms with E-state index < -0.39 is 5.79 Å². The minimum Gasteiger partial charge on any atom is -0.399 e. The molecule has 0 saturated carbocycles. The van der Waals surface area contributed by atoms with Crippen molar-refractivity contribution >= 4 is 40.7 Å². The van der Waals surface area contributed by atoms with Gasteiger partial charge in [-0.05, 0) is 48.4 Å². The van der Waals surface area contributed by atoms with Crippen LogP contribution in [0.1, 0.15) is 12.0 Å². The van der Waals surface area contributed by atoms with Gasteiger partial charge < -0.3 is 19.8 Å². The number of anilines is 1. The third kappa shape index (κ3) is 5.50. The van der Waals surface area contributed by atoms with Gasteiger partial charge in [-0.15, -0.1) is 11.8 Å². The van der Waals surface area contributed by atoms with E-state index in [1.807, 2.05) is 47.2 Å². The number of hydrogen-bond donors (Lipinski definition) is 1. The molecule has 2 heterocycles. The molecule has 158 valence electrons. The van der Waals surface area contributed by atoms with E-state index in [1.165, 1.54) is 0 Å². The molecular weight excluding hydrogens is 441 g/mol.